The fourth-order valence-electron chi connectivity index (χ4n) is 4.12. The third-order valence-corrected chi connectivity index (χ3v) is 5.49. The Morgan fingerprint density at radius 2 is 1.80 bits per heavy atom. The quantitative estimate of drug-likeness (QED) is 0.794. The molecule has 0 aromatic rings. The minimum Gasteiger partial charge on any atom is -0.444 e. The highest BCUT2D eigenvalue weighted by molar-refractivity contribution is 5.67. The molecule has 2 atom stereocenters. The molecule has 1 aliphatic carbocycles. The molecule has 25 heavy (non-hydrogen) atoms. The summed E-state index contributed by atoms with van der Waals surface area (Å²) in [5.74, 6) is 0.671. The molecule has 146 valence electrons. The van der Waals surface area contributed by atoms with Gasteiger partial charge in [-0.2, -0.15) is 0 Å². The molecule has 0 bridgehead atoms. The molecule has 0 spiro atoms. The molecule has 0 aromatic carbocycles. The summed E-state index contributed by atoms with van der Waals surface area (Å²) in [6, 6.07) is 0.929. The summed E-state index contributed by atoms with van der Waals surface area (Å²) in [5, 5.41) is 6.92. The van der Waals surface area contributed by atoms with Gasteiger partial charge in [-0.15, -0.1) is 0 Å². The monoisotopic (exact) mass is 353 g/mol. The van der Waals surface area contributed by atoms with Gasteiger partial charge in [0.2, 0.25) is 0 Å². The number of hydrogen-bond acceptors (Lipinski definition) is 4. The first-order chi connectivity index (χ1) is 11.8. The summed E-state index contributed by atoms with van der Waals surface area (Å²) in [4.78, 5) is 14.5. The summed E-state index contributed by atoms with van der Waals surface area (Å²) in [6.45, 7) is 8.76. The number of carbonyl (C=O) groups excluding carboxylic acids is 1. The molecule has 2 N–H and O–H groups in total. The van der Waals surface area contributed by atoms with Crippen molar-refractivity contribution in [2.75, 3.05) is 26.7 Å². The Labute approximate surface area is 154 Å². The molecule has 5 nitrogen and oxygen atoms in total. The third-order valence-electron chi connectivity index (χ3n) is 5.49. The van der Waals surface area contributed by atoms with Gasteiger partial charge in [0, 0.05) is 18.6 Å². The van der Waals surface area contributed by atoms with Crippen LogP contribution in [0.15, 0.2) is 0 Å². The second kappa shape index (κ2) is 9.77. The van der Waals surface area contributed by atoms with Gasteiger partial charge >= 0.3 is 6.09 Å². The van der Waals surface area contributed by atoms with Crippen LogP contribution in [0.25, 0.3) is 0 Å². The highest BCUT2D eigenvalue weighted by atomic mass is 16.6. The number of carbonyl (C=O) groups is 1. The van der Waals surface area contributed by atoms with Crippen LogP contribution in [0, 0.1) is 5.92 Å². The zero-order valence-corrected chi connectivity index (χ0v) is 16.8. The minimum atomic E-state index is -0.441. The minimum absolute atomic E-state index is 0.296. The fraction of sp³-hybridized carbons (Fsp3) is 0.950. The maximum atomic E-state index is 12.1. The molecule has 0 aromatic heterocycles. The van der Waals surface area contributed by atoms with E-state index in [1.807, 2.05) is 20.8 Å². The average molecular weight is 354 g/mol. The lowest BCUT2D eigenvalue weighted by atomic mass is 9.83. The van der Waals surface area contributed by atoms with E-state index >= 15 is 0 Å². The third kappa shape index (κ3) is 7.95. The molecular weight excluding hydrogens is 314 g/mol. The lowest BCUT2D eigenvalue weighted by Gasteiger charge is -2.34. The Hall–Kier alpha value is -0.810. The Bertz CT molecular complexity index is 402. The lowest BCUT2D eigenvalue weighted by Crippen LogP contribution is -2.50. The van der Waals surface area contributed by atoms with Gasteiger partial charge in [-0.25, -0.2) is 4.79 Å². The second-order valence-corrected chi connectivity index (χ2v) is 8.99. The summed E-state index contributed by atoms with van der Waals surface area (Å²) >= 11 is 0. The molecular formula is C20H39N3O2. The van der Waals surface area contributed by atoms with E-state index in [1.54, 1.807) is 0 Å². The number of rotatable bonds is 5. The SMILES string of the molecule is CN1CCCC(NC(CNC(=O)OC(C)(C)C)C2CCCCC2)CC1. The topological polar surface area (TPSA) is 53.6 Å². The molecule has 1 saturated heterocycles. The van der Waals surface area contributed by atoms with E-state index in [0.29, 0.717) is 24.5 Å². The highest BCUT2D eigenvalue weighted by Crippen LogP contribution is 2.27. The summed E-state index contributed by atoms with van der Waals surface area (Å²) in [6.07, 6.45) is 9.95. The van der Waals surface area contributed by atoms with Crippen molar-refractivity contribution >= 4 is 6.09 Å². The fourth-order valence-corrected chi connectivity index (χ4v) is 4.12. The molecule has 1 amide bonds. The number of hydrogen-bond donors (Lipinski definition) is 2. The number of alkyl carbamates (subject to hydrolysis) is 1. The maximum absolute atomic E-state index is 12.1. The summed E-state index contributed by atoms with van der Waals surface area (Å²) in [7, 11) is 2.21. The van der Waals surface area contributed by atoms with E-state index in [1.165, 1.54) is 57.9 Å². The summed E-state index contributed by atoms with van der Waals surface area (Å²) in [5.41, 5.74) is -0.441. The van der Waals surface area contributed by atoms with Crippen LogP contribution in [0.1, 0.15) is 72.1 Å². The van der Waals surface area contributed by atoms with Crippen LogP contribution in [0.4, 0.5) is 4.79 Å². The standard InChI is InChI=1S/C20H39N3O2/c1-20(2,3)25-19(24)21-15-18(16-9-6-5-7-10-16)22-17-11-8-13-23(4)14-12-17/h16-18,22H,5-15H2,1-4H3,(H,21,24). The Kier molecular flexibility index (Phi) is 8.01. The molecule has 1 saturated carbocycles. The summed E-state index contributed by atoms with van der Waals surface area (Å²) < 4.78 is 5.42. The van der Waals surface area contributed by atoms with Crippen molar-refractivity contribution in [2.45, 2.75) is 89.8 Å². The number of ether oxygens (including phenoxy) is 1. The first kappa shape index (κ1) is 20.5. The van der Waals surface area contributed by atoms with Crippen LogP contribution in [0.5, 0.6) is 0 Å². The van der Waals surface area contributed by atoms with E-state index < -0.39 is 5.60 Å². The Morgan fingerprint density at radius 3 is 2.48 bits per heavy atom. The van der Waals surface area contributed by atoms with Crippen molar-refractivity contribution in [1.82, 2.24) is 15.5 Å². The number of likely N-dealkylation sites (tertiary alicyclic amines) is 1. The largest absolute Gasteiger partial charge is 0.444 e. The Morgan fingerprint density at radius 1 is 1.08 bits per heavy atom. The van der Waals surface area contributed by atoms with Crippen molar-refractivity contribution in [3.63, 3.8) is 0 Å². The first-order valence-electron chi connectivity index (χ1n) is 10.2. The van der Waals surface area contributed by atoms with E-state index in [-0.39, 0.29) is 6.09 Å². The first-order valence-corrected chi connectivity index (χ1v) is 10.2. The van der Waals surface area contributed by atoms with Gasteiger partial charge in [-0.05, 0) is 78.9 Å². The van der Waals surface area contributed by atoms with E-state index in [2.05, 4.69) is 22.6 Å². The van der Waals surface area contributed by atoms with Crippen molar-refractivity contribution in [3.05, 3.63) is 0 Å². The molecule has 2 fully saturated rings. The molecule has 2 rings (SSSR count). The highest BCUT2D eigenvalue weighted by Gasteiger charge is 2.27. The van der Waals surface area contributed by atoms with Crippen molar-refractivity contribution < 1.29 is 9.53 Å². The molecule has 1 aliphatic heterocycles. The van der Waals surface area contributed by atoms with Crippen LogP contribution in [0.3, 0.4) is 0 Å². The van der Waals surface area contributed by atoms with Crippen LogP contribution in [0.2, 0.25) is 0 Å². The van der Waals surface area contributed by atoms with Gasteiger partial charge in [0.05, 0.1) is 0 Å². The number of nitrogens with zero attached hydrogens (tertiary/aromatic N) is 1. The Balaban J connectivity index is 1.89. The predicted molar refractivity (Wildman–Crippen MR) is 103 cm³/mol. The van der Waals surface area contributed by atoms with E-state index in [4.69, 9.17) is 4.74 Å². The molecule has 2 aliphatic rings. The van der Waals surface area contributed by atoms with Crippen molar-refractivity contribution in [2.24, 2.45) is 5.92 Å². The van der Waals surface area contributed by atoms with Crippen molar-refractivity contribution in [1.29, 1.82) is 0 Å². The normalized spacial score (nSPS) is 25.2. The molecule has 0 radical (unpaired) electrons. The lowest BCUT2D eigenvalue weighted by molar-refractivity contribution is 0.0514. The van der Waals surface area contributed by atoms with Gasteiger partial charge in [0.25, 0.3) is 0 Å². The van der Waals surface area contributed by atoms with Crippen LogP contribution >= 0.6 is 0 Å². The van der Waals surface area contributed by atoms with Gasteiger partial charge in [0.1, 0.15) is 5.60 Å². The smallest absolute Gasteiger partial charge is 0.407 e. The van der Waals surface area contributed by atoms with Gasteiger partial charge in [-0.1, -0.05) is 19.3 Å². The molecule has 2 unspecified atom stereocenters. The predicted octanol–water partition coefficient (Wildman–Crippen LogP) is 3.53. The van der Waals surface area contributed by atoms with Gasteiger partial charge < -0.3 is 20.3 Å². The molecule has 5 heteroatoms. The van der Waals surface area contributed by atoms with Crippen molar-refractivity contribution in [3.8, 4) is 0 Å². The van der Waals surface area contributed by atoms with Crippen LogP contribution < -0.4 is 10.6 Å². The van der Waals surface area contributed by atoms with Gasteiger partial charge in [0.15, 0.2) is 0 Å². The number of nitrogens with one attached hydrogen (secondary N) is 2. The maximum Gasteiger partial charge on any atom is 0.407 e. The number of amides is 1. The van der Waals surface area contributed by atoms with Crippen LogP contribution in [-0.4, -0.2) is 55.4 Å². The van der Waals surface area contributed by atoms with E-state index in [9.17, 15) is 4.79 Å². The van der Waals surface area contributed by atoms with E-state index in [0.717, 1.165) is 6.54 Å². The van der Waals surface area contributed by atoms with Gasteiger partial charge in [-0.3, -0.25) is 0 Å². The average Bonchev–Trinajstić information content (AvgIpc) is 2.75. The molecule has 1 heterocycles. The zero-order valence-electron chi connectivity index (χ0n) is 16.8. The zero-order chi connectivity index (χ0) is 18.3. The second-order valence-electron chi connectivity index (χ2n) is 8.99. The van der Waals surface area contributed by atoms with Crippen LogP contribution in [-0.2, 0) is 4.74 Å².